The van der Waals surface area contributed by atoms with Crippen LogP contribution in [0.4, 0.5) is 28.4 Å². The minimum absolute atomic E-state index is 0.0228. The van der Waals surface area contributed by atoms with Crippen LogP contribution in [-0.2, 0) is 74.4 Å². The molecule has 9 heterocycles. The minimum Gasteiger partial charge on any atom is -0.489 e. The summed E-state index contributed by atoms with van der Waals surface area (Å²) < 4.78 is 42.0. The summed E-state index contributed by atoms with van der Waals surface area (Å²) in [7, 11) is 0. The van der Waals surface area contributed by atoms with Crippen LogP contribution in [0.1, 0.15) is 157 Å². The highest BCUT2D eigenvalue weighted by atomic mass is 79.9. The summed E-state index contributed by atoms with van der Waals surface area (Å²) in [4.78, 5) is 98.5. The number of amides is 3. The molecule has 3 spiro atoms. The highest BCUT2D eigenvalue weighted by Gasteiger charge is 2.61. The molecule has 608 valence electrons. The van der Waals surface area contributed by atoms with Gasteiger partial charge in [0.1, 0.15) is 71.4 Å². The fourth-order valence-electron chi connectivity index (χ4n) is 15.5. The minimum atomic E-state index is -0.581. The first-order valence-electron chi connectivity index (χ1n) is 38.3. The van der Waals surface area contributed by atoms with Crippen molar-refractivity contribution in [1.29, 1.82) is 0 Å². The molecule has 3 amide bonds. The van der Waals surface area contributed by atoms with Crippen LogP contribution in [0.15, 0.2) is 183 Å². The van der Waals surface area contributed by atoms with Crippen LogP contribution in [-0.4, -0.2) is 66.9 Å². The van der Waals surface area contributed by atoms with Crippen molar-refractivity contribution in [2.45, 2.75) is 145 Å². The van der Waals surface area contributed by atoms with Crippen molar-refractivity contribution in [3.63, 3.8) is 0 Å². The van der Waals surface area contributed by atoms with E-state index in [-0.39, 0.29) is 54.4 Å². The molecule has 12 aromatic rings. The van der Waals surface area contributed by atoms with Crippen LogP contribution in [0.2, 0.25) is 30.1 Å². The molecule has 31 heteroatoms. The number of ether oxygens (including phenoxy) is 4. The molecule has 9 aliphatic rings. The van der Waals surface area contributed by atoms with E-state index in [2.05, 4.69) is 51.7 Å². The van der Waals surface area contributed by atoms with Gasteiger partial charge in [-0.15, -0.1) is 0 Å². The van der Waals surface area contributed by atoms with Crippen molar-refractivity contribution in [2.24, 2.45) is 0 Å². The Morgan fingerprint density at radius 2 is 0.817 bits per heavy atom. The summed E-state index contributed by atoms with van der Waals surface area (Å²) in [5.74, 6) is 5.98. The van der Waals surface area contributed by atoms with Gasteiger partial charge in [0.2, 0.25) is 17.7 Å². The third-order valence-corrected chi connectivity index (χ3v) is 24.6. The zero-order valence-electron chi connectivity index (χ0n) is 63.9. The van der Waals surface area contributed by atoms with Crippen LogP contribution < -0.4 is 34.1 Å². The van der Waals surface area contributed by atoms with E-state index < -0.39 is 10.8 Å². The highest BCUT2D eigenvalue weighted by Crippen LogP contribution is 2.62. The van der Waals surface area contributed by atoms with E-state index in [9.17, 15) is 19.2 Å². The Balaban J connectivity index is 0.000000125. The lowest BCUT2D eigenvalue weighted by atomic mass is 9.98. The van der Waals surface area contributed by atoms with E-state index >= 15 is 0 Å². The lowest BCUT2D eigenvalue weighted by Crippen LogP contribution is -2.28. The standard InChI is InChI=1S/C29H21Cl2N3O5.C29H23Cl2N3O3.C23H18Cl2N2O3.C6H6BrN.2CO2/c30-22-2-1-3-23(31)25(22)26-20(27(39-33-26)16-4-5-16)14-37-18-6-7-24-21(11-18)29(8-9-29)28(36)34(24)17-10-19(38-15-35)13-32-12-17;1-16-11-18(14-32-13-16)34-24-8-7-19(12-21(24)29(9-10-29)28(34)35)36-15-20-26(33-37-27(20)17-5-6-17)25-22(30)3-2-4-23(25)31;24-16-2-1-3-17(25)19(16)20-14(21(30-27-20)12-4-5-12)11-29-13-6-7-18-15(10-13)23(8-9-23)22(28)26-18;1-5-2-6(7)4-8-3-5;2*2-1-3/h1-3,6-7,10-13,15-16H,4-5,8-9,14H2;2-4,7-8,11-14,17H,5-6,9-10,15H2,1H3;1-3,6-7,10,12H,4-5,8-9,11H2,(H,26,28);2-4H,1H3;;. The number of fused-ring (bicyclic) bond motifs is 6. The van der Waals surface area contributed by atoms with Crippen molar-refractivity contribution >= 4 is 150 Å². The van der Waals surface area contributed by atoms with Gasteiger partial charge >= 0.3 is 12.3 Å². The first-order chi connectivity index (χ1) is 58.1. The Morgan fingerprint density at radius 1 is 0.458 bits per heavy atom. The van der Waals surface area contributed by atoms with E-state index in [1.165, 1.54) is 11.8 Å². The maximum Gasteiger partial charge on any atom is 0.373 e. The fourth-order valence-corrected chi connectivity index (χ4v) is 17.7. The number of carbonyl (C=O) groups excluding carboxylic acids is 8. The second-order valence-corrected chi connectivity index (χ2v) is 33.7. The summed E-state index contributed by atoms with van der Waals surface area (Å²) in [6.07, 6.45) is 21.9. The monoisotopic (exact) mass is 1790 g/mol. The molecule has 3 aliphatic heterocycles. The Labute approximate surface area is 724 Å². The molecular weight excluding hydrogens is 1730 g/mol. The van der Waals surface area contributed by atoms with Gasteiger partial charge in [-0.25, -0.2) is 0 Å². The summed E-state index contributed by atoms with van der Waals surface area (Å²) >= 11 is 42.1. The van der Waals surface area contributed by atoms with Crippen molar-refractivity contribution < 1.29 is 70.9 Å². The normalized spacial score (nSPS) is 16.2. The quantitative estimate of drug-likeness (QED) is 0.0735. The second kappa shape index (κ2) is 34.4. The van der Waals surface area contributed by atoms with Crippen molar-refractivity contribution in [3.8, 4) is 56.8 Å². The van der Waals surface area contributed by atoms with E-state index in [0.29, 0.717) is 112 Å². The van der Waals surface area contributed by atoms with Gasteiger partial charge in [-0.3, -0.25) is 43.9 Å². The fraction of sp³-hybridized carbons (Fsp3) is 0.258. The Hall–Kier alpha value is -11.3. The van der Waals surface area contributed by atoms with Gasteiger partial charge < -0.3 is 37.8 Å². The van der Waals surface area contributed by atoms with Gasteiger partial charge in [0.05, 0.1) is 104 Å². The molecule has 6 aliphatic carbocycles. The predicted molar refractivity (Wildman–Crippen MR) is 446 cm³/mol. The zero-order valence-corrected chi connectivity index (χ0v) is 70.0. The molecule has 0 unspecified atom stereocenters. The molecule has 6 saturated carbocycles. The molecule has 0 atom stereocenters. The van der Waals surface area contributed by atoms with E-state index in [4.69, 9.17) is 121 Å². The van der Waals surface area contributed by atoms with Crippen LogP contribution in [0.25, 0.3) is 33.8 Å². The molecule has 21 rings (SSSR count). The number of anilines is 5. The average Bonchev–Trinajstić information content (AvgIpc) is 1.54. The molecule has 0 radical (unpaired) electrons. The average molecular weight is 1800 g/mol. The molecule has 6 fully saturated rings. The van der Waals surface area contributed by atoms with Crippen LogP contribution in [0.3, 0.4) is 0 Å². The largest absolute Gasteiger partial charge is 0.489 e. The summed E-state index contributed by atoms with van der Waals surface area (Å²) in [6.45, 7) is 5.09. The number of hydrogen-bond acceptors (Lipinski definition) is 21. The maximum absolute atomic E-state index is 13.6. The molecule has 0 bridgehead atoms. The van der Waals surface area contributed by atoms with Gasteiger partial charge in [-0.2, -0.15) is 19.2 Å². The highest BCUT2D eigenvalue weighted by molar-refractivity contribution is 9.10. The number of nitrogens with zero attached hydrogens (tertiary/aromatic N) is 8. The van der Waals surface area contributed by atoms with Gasteiger partial charge in [0.25, 0.3) is 6.47 Å². The second-order valence-electron chi connectivity index (χ2n) is 30.3. The third kappa shape index (κ3) is 16.5. The summed E-state index contributed by atoms with van der Waals surface area (Å²) in [5, 5.41) is 19.0. The number of halogens is 7. The molecule has 6 aromatic carbocycles. The van der Waals surface area contributed by atoms with Crippen molar-refractivity contribution in [1.82, 2.24) is 30.4 Å². The number of nitrogens with one attached hydrogen (secondary N) is 1. The molecular formula is C89H68BrCl6N9O15. The van der Waals surface area contributed by atoms with Crippen molar-refractivity contribution in [3.05, 3.63) is 261 Å². The van der Waals surface area contributed by atoms with Gasteiger partial charge in [0, 0.05) is 69.3 Å². The lowest BCUT2D eigenvalue weighted by Gasteiger charge is -2.18. The third-order valence-electron chi connectivity index (χ3n) is 22.3. The molecule has 6 aromatic heterocycles. The van der Waals surface area contributed by atoms with Gasteiger partial charge in [-0.1, -0.05) is 103 Å². The van der Waals surface area contributed by atoms with E-state index in [1.807, 2.05) is 92.8 Å². The van der Waals surface area contributed by atoms with Crippen LogP contribution in [0.5, 0.6) is 23.0 Å². The Morgan fingerprint density at radius 3 is 1.17 bits per heavy atom. The summed E-state index contributed by atoms with van der Waals surface area (Å²) in [6, 6.07) is 39.1. The number of benzene rings is 6. The number of carbonyl (C=O) groups is 4. The molecule has 24 nitrogen and oxygen atoms in total. The smallest absolute Gasteiger partial charge is 0.373 e. The topological polar surface area (TPSA) is 309 Å². The molecule has 1 N–H and O–H groups in total. The van der Waals surface area contributed by atoms with Crippen LogP contribution in [0, 0.1) is 13.8 Å². The first-order valence-corrected chi connectivity index (χ1v) is 41.3. The maximum atomic E-state index is 13.6. The number of rotatable bonds is 19. The Kier molecular flexibility index (Phi) is 23.6. The van der Waals surface area contributed by atoms with E-state index in [1.54, 1.807) is 89.2 Å². The number of aromatic nitrogens is 6. The van der Waals surface area contributed by atoms with E-state index in [0.717, 1.165) is 166 Å². The van der Waals surface area contributed by atoms with Gasteiger partial charge in [0.15, 0.2) is 5.75 Å². The molecule has 120 heavy (non-hydrogen) atoms. The first kappa shape index (κ1) is 82.4. The number of aryl methyl sites for hydroxylation is 2. The SMILES string of the molecule is Cc1cncc(Br)c1.Cc1cncc(N2C(=O)C3(CC3)c3cc(OCc4c(-c5c(Cl)cccc5Cl)noc4C4CC4)ccc32)c1.O=C1Nc2ccc(OCc3c(-c4c(Cl)cccc4Cl)noc3C3CC3)cc2C12CC2.O=C=O.O=C=O.O=COc1cncc(N2C(=O)C3(CC3)c3cc(OCc4c(-c5c(Cl)cccc5Cl)noc4C4CC4)ccc32)c1. The summed E-state index contributed by atoms with van der Waals surface area (Å²) in [5.41, 5.74) is 14.0. The molecule has 0 saturated heterocycles. The van der Waals surface area contributed by atoms with Crippen LogP contribution >= 0.6 is 85.5 Å². The number of pyridine rings is 3. The predicted octanol–water partition coefficient (Wildman–Crippen LogP) is 21.3. The zero-order chi connectivity index (χ0) is 83.9. The Bertz CT molecular complexity index is 6030. The number of hydrogen-bond donors (Lipinski definition) is 1. The van der Waals surface area contributed by atoms with Gasteiger partial charge in [-0.05, 0) is 238 Å². The van der Waals surface area contributed by atoms with Crippen molar-refractivity contribution in [2.75, 3.05) is 15.1 Å². The lowest BCUT2D eigenvalue weighted by molar-refractivity contribution is -0.193.